The van der Waals surface area contributed by atoms with Crippen LogP contribution in [0, 0.1) is 0 Å². The van der Waals surface area contributed by atoms with Gasteiger partial charge in [-0.2, -0.15) is 0 Å². The average Bonchev–Trinajstić information content (AvgIpc) is 2.84. The molecule has 3 aromatic rings. The van der Waals surface area contributed by atoms with Gasteiger partial charge in [0.2, 0.25) is 0 Å². The molecule has 1 saturated heterocycles. The number of benzene rings is 2. The first-order valence-electron chi connectivity index (χ1n) is 11.2. The Morgan fingerprint density at radius 1 is 0.906 bits per heavy atom. The molecule has 2 heterocycles. The molecule has 0 bridgehead atoms. The quantitative estimate of drug-likeness (QED) is 0.538. The molecule has 6 heteroatoms. The predicted molar refractivity (Wildman–Crippen MR) is 126 cm³/mol. The molecule has 1 fully saturated rings. The number of amides is 1. The Balaban J connectivity index is 1.32. The van der Waals surface area contributed by atoms with Crippen LogP contribution in [0.25, 0.3) is 0 Å². The van der Waals surface area contributed by atoms with Gasteiger partial charge in [0.05, 0.1) is 5.56 Å². The molecule has 1 atom stereocenters. The lowest BCUT2D eigenvalue weighted by Crippen LogP contribution is -2.47. The molecule has 166 valence electrons. The molecule has 0 saturated carbocycles. The third-order valence-corrected chi connectivity index (χ3v) is 5.80. The number of carbonyl (C=O) groups excluding carboxylic acids is 1. The maximum atomic E-state index is 12.9. The van der Waals surface area contributed by atoms with Crippen LogP contribution in [0.4, 0.5) is 5.82 Å². The Bertz CT molecular complexity index is 989. The van der Waals surface area contributed by atoms with Crippen LogP contribution in [0.1, 0.15) is 27.9 Å². The highest BCUT2D eigenvalue weighted by atomic mass is 16.3. The van der Waals surface area contributed by atoms with Crippen molar-refractivity contribution in [1.29, 1.82) is 0 Å². The maximum Gasteiger partial charge on any atom is 0.257 e. The molecule has 1 amide bonds. The first kappa shape index (κ1) is 22.0. The number of carbonyl (C=O) groups is 1. The van der Waals surface area contributed by atoms with Crippen LogP contribution in [0.15, 0.2) is 79.0 Å². The van der Waals surface area contributed by atoms with E-state index in [2.05, 4.69) is 44.4 Å². The van der Waals surface area contributed by atoms with Crippen molar-refractivity contribution in [1.82, 2.24) is 15.2 Å². The van der Waals surface area contributed by atoms with Crippen LogP contribution >= 0.6 is 0 Å². The summed E-state index contributed by atoms with van der Waals surface area (Å²) in [6.07, 6.45) is 1.97. The normalized spacial score (nSPS) is 15.3. The number of aliphatic hydroxyl groups excluding tert-OH is 1. The van der Waals surface area contributed by atoms with E-state index < -0.39 is 6.23 Å². The van der Waals surface area contributed by atoms with Gasteiger partial charge in [0.1, 0.15) is 12.0 Å². The summed E-state index contributed by atoms with van der Waals surface area (Å²) < 4.78 is 0. The summed E-state index contributed by atoms with van der Waals surface area (Å²) in [7, 11) is 0. The molecule has 32 heavy (non-hydrogen) atoms. The van der Waals surface area contributed by atoms with Crippen molar-refractivity contribution in [3.05, 3.63) is 95.7 Å². The van der Waals surface area contributed by atoms with E-state index in [1.54, 1.807) is 18.3 Å². The van der Waals surface area contributed by atoms with Crippen LogP contribution in [-0.2, 0) is 13.0 Å². The zero-order valence-electron chi connectivity index (χ0n) is 18.2. The number of aryl methyl sites for hydroxylation is 1. The second kappa shape index (κ2) is 10.9. The fraction of sp³-hybridized carbons (Fsp3) is 0.308. The molecule has 2 N–H and O–H groups in total. The molecule has 1 aliphatic heterocycles. The van der Waals surface area contributed by atoms with Gasteiger partial charge in [-0.25, -0.2) is 4.98 Å². The van der Waals surface area contributed by atoms with Crippen molar-refractivity contribution < 1.29 is 9.90 Å². The van der Waals surface area contributed by atoms with E-state index in [0.717, 1.165) is 38.3 Å². The van der Waals surface area contributed by atoms with Gasteiger partial charge in [0.25, 0.3) is 5.91 Å². The lowest BCUT2D eigenvalue weighted by molar-refractivity contribution is 0.0765. The molecule has 0 spiro atoms. The van der Waals surface area contributed by atoms with Gasteiger partial charge in [0, 0.05) is 38.9 Å². The van der Waals surface area contributed by atoms with Gasteiger partial charge in [-0.3, -0.25) is 9.69 Å². The lowest BCUT2D eigenvalue weighted by atomic mass is 10.1. The molecule has 1 aliphatic rings. The van der Waals surface area contributed by atoms with Crippen molar-refractivity contribution in [2.75, 3.05) is 31.1 Å². The minimum absolute atomic E-state index is 0.291. The highest BCUT2D eigenvalue weighted by Gasteiger charge is 2.23. The van der Waals surface area contributed by atoms with E-state index in [-0.39, 0.29) is 5.91 Å². The highest BCUT2D eigenvalue weighted by molar-refractivity contribution is 5.99. The Morgan fingerprint density at radius 3 is 2.25 bits per heavy atom. The van der Waals surface area contributed by atoms with Gasteiger partial charge in [-0.05, 0) is 36.1 Å². The summed E-state index contributed by atoms with van der Waals surface area (Å²) in [5, 5.41) is 13.1. The summed E-state index contributed by atoms with van der Waals surface area (Å²) in [5.74, 6) is 0.389. The molecule has 6 nitrogen and oxygen atoms in total. The highest BCUT2D eigenvalue weighted by Crippen LogP contribution is 2.20. The first-order valence-corrected chi connectivity index (χ1v) is 11.2. The molecule has 1 unspecified atom stereocenters. The van der Waals surface area contributed by atoms with Crippen LogP contribution in [0.3, 0.4) is 0 Å². The van der Waals surface area contributed by atoms with E-state index in [0.29, 0.717) is 24.2 Å². The summed E-state index contributed by atoms with van der Waals surface area (Å²) in [6, 6.07) is 24.0. The van der Waals surface area contributed by atoms with Crippen molar-refractivity contribution in [3.63, 3.8) is 0 Å². The summed E-state index contributed by atoms with van der Waals surface area (Å²) in [6.45, 7) is 4.36. The number of rotatable bonds is 8. The minimum atomic E-state index is -0.904. The lowest BCUT2D eigenvalue weighted by Gasteiger charge is -2.36. The van der Waals surface area contributed by atoms with Gasteiger partial charge >= 0.3 is 0 Å². The number of hydrogen-bond donors (Lipinski definition) is 2. The van der Waals surface area contributed by atoms with Crippen molar-refractivity contribution in [3.8, 4) is 0 Å². The second-order valence-corrected chi connectivity index (χ2v) is 8.14. The van der Waals surface area contributed by atoms with Crippen molar-refractivity contribution in [2.45, 2.75) is 25.6 Å². The molecular weight excluding hydrogens is 400 g/mol. The van der Waals surface area contributed by atoms with Crippen LogP contribution in [-0.4, -0.2) is 53.3 Å². The predicted octanol–water partition coefficient (Wildman–Crippen LogP) is 3.08. The smallest absolute Gasteiger partial charge is 0.257 e. The maximum absolute atomic E-state index is 12.9. The molecule has 2 aromatic carbocycles. The largest absolute Gasteiger partial charge is 0.374 e. The Kier molecular flexibility index (Phi) is 7.48. The number of nitrogens with zero attached hydrogens (tertiary/aromatic N) is 3. The fourth-order valence-electron chi connectivity index (χ4n) is 4.03. The minimum Gasteiger partial charge on any atom is -0.374 e. The number of nitrogens with one attached hydrogen (secondary N) is 1. The van der Waals surface area contributed by atoms with E-state index in [4.69, 9.17) is 0 Å². The SMILES string of the molecule is O=C(NC(O)CCc1ccccc1)c1cccnc1N1CCN(Cc2ccccc2)CC1. The van der Waals surface area contributed by atoms with E-state index in [9.17, 15) is 9.90 Å². The number of aromatic nitrogens is 1. The molecule has 1 aromatic heterocycles. The zero-order chi connectivity index (χ0) is 22.2. The number of hydrogen-bond acceptors (Lipinski definition) is 5. The van der Waals surface area contributed by atoms with Crippen LogP contribution in [0.5, 0.6) is 0 Å². The molecular formula is C26H30N4O2. The standard InChI is InChI=1S/C26H30N4O2/c31-24(14-13-21-8-3-1-4-9-21)28-26(32)23-12-7-15-27-25(23)30-18-16-29(17-19-30)20-22-10-5-2-6-11-22/h1-12,15,24,31H,13-14,16-20H2,(H,28,32). The number of aliphatic hydroxyl groups is 1. The number of pyridine rings is 1. The topological polar surface area (TPSA) is 68.7 Å². The number of anilines is 1. The van der Waals surface area contributed by atoms with Crippen molar-refractivity contribution in [2.24, 2.45) is 0 Å². The third-order valence-electron chi connectivity index (χ3n) is 5.80. The Morgan fingerprint density at radius 2 is 1.56 bits per heavy atom. The fourth-order valence-corrected chi connectivity index (χ4v) is 4.03. The summed E-state index contributed by atoms with van der Waals surface area (Å²) in [4.78, 5) is 22.0. The molecule has 0 aliphatic carbocycles. The third kappa shape index (κ3) is 5.93. The monoisotopic (exact) mass is 430 g/mol. The summed E-state index contributed by atoms with van der Waals surface area (Å²) in [5.41, 5.74) is 2.95. The first-order chi connectivity index (χ1) is 15.7. The second-order valence-electron chi connectivity index (χ2n) is 8.14. The van der Waals surface area contributed by atoms with E-state index in [1.807, 2.05) is 36.4 Å². The Labute approximate surface area is 189 Å². The Hall–Kier alpha value is -3.22. The van der Waals surface area contributed by atoms with Crippen molar-refractivity contribution >= 4 is 11.7 Å². The summed E-state index contributed by atoms with van der Waals surface area (Å²) >= 11 is 0. The van der Waals surface area contributed by atoms with Gasteiger partial charge in [0.15, 0.2) is 0 Å². The van der Waals surface area contributed by atoms with Gasteiger partial charge in [-0.15, -0.1) is 0 Å². The molecule has 0 radical (unpaired) electrons. The van der Waals surface area contributed by atoms with Gasteiger partial charge in [-0.1, -0.05) is 60.7 Å². The van der Waals surface area contributed by atoms with Crippen LogP contribution < -0.4 is 10.2 Å². The van der Waals surface area contributed by atoms with Crippen LogP contribution in [0.2, 0.25) is 0 Å². The number of piperazine rings is 1. The van der Waals surface area contributed by atoms with E-state index in [1.165, 1.54) is 5.56 Å². The van der Waals surface area contributed by atoms with E-state index >= 15 is 0 Å². The average molecular weight is 431 g/mol. The zero-order valence-corrected chi connectivity index (χ0v) is 18.2. The molecule has 4 rings (SSSR count). The van der Waals surface area contributed by atoms with Gasteiger partial charge < -0.3 is 15.3 Å².